The van der Waals surface area contributed by atoms with Crippen LogP contribution in [-0.4, -0.2) is 32.6 Å². The van der Waals surface area contributed by atoms with E-state index >= 15 is 0 Å². The van der Waals surface area contributed by atoms with E-state index in [1.165, 1.54) is 0 Å². The summed E-state index contributed by atoms with van der Waals surface area (Å²) in [5.74, 6) is 0.916. The van der Waals surface area contributed by atoms with Crippen LogP contribution in [0.3, 0.4) is 0 Å². The fraction of sp³-hybridized carbons (Fsp3) is 0.529. The van der Waals surface area contributed by atoms with Crippen LogP contribution in [0.25, 0.3) is 0 Å². The molecule has 1 aromatic carbocycles. The summed E-state index contributed by atoms with van der Waals surface area (Å²) in [5, 5.41) is 5.46. The van der Waals surface area contributed by atoms with Crippen LogP contribution in [0.4, 0.5) is 0 Å². The van der Waals surface area contributed by atoms with E-state index < -0.39 is 5.41 Å². The van der Waals surface area contributed by atoms with E-state index in [1.54, 1.807) is 47.1 Å². The summed E-state index contributed by atoms with van der Waals surface area (Å²) < 4.78 is 10.5. The molecule has 1 rings (SSSR count). The van der Waals surface area contributed by atoms with Gasteiger partial charge in [0.05, 0.1) is 26.8 Å². The van der Waals surface area contributed by atoms with E-state index in [4.69, 9.17) is 9.47 Å². The number of rotatable bonds is 6. The Morgan fingerprint density at radius 3 is 2.35 bits per heavy atom. The second kappa shape index (κ2) is 7.85. The lowest BCUT2D eigenvalue weighted by Gasteiger charge is -2.20. The zero-order valence-corrected chi connectivity index (χ0v) is 14.6. The molecule has 0 aliphatic rings. The fourth-order valence-corrected chi connectivity index (χ4v) is 1.97. The zero-order chi connectivity index (χ0) is 17.6. The average molecular weight is 322 g/mol. The van der Waals surface area contributed by atoms with Gasteiger partial charge < -0.3 is 20.1 Å². The maximum Gasteiger partial charge on any atom is 0.239 e. The van der Waals surface area contributed by atoms with E-state index in [2.05, 4.69) is 10.6 Å². The quantitative estimate of drug-likeness (QED) is 0.840. The van der Waals surface area contributed by atoms with Gasteiger partial charge in [-0.05, 0) is 25.1 Å². The maximum absolute atomic E-state index is 12.0. The Hall–Kier alpha value is -2.24. The van der Waals surface area contributed by atoms with Crippen molar-refractivity contribution in [1.29, 1.82) is 0 Å². The van der Waals surface area contributed by atoms with Crippen molar-refractivity contribution in [1.82, 2.24) is 10.6 Å². The molecule has 6 nitrogen and oxygen atoms in total. The molecule has 6 heteroatoms. The van der Waals surface area contributed by atoms with Gasteiger partial charge >= 0.3 is 0 Å². The number of ether oxygens (including phenoxy) is 2. The predicted molar refractivity (Wildman–Crippen MR) is 88.6 cm³/mol. The Morgan fingerprint density at radius 1 is 1.17 bits per heavy atom. The molecule has 0 radical (unpaired) electrons. The van der Waals surface area contributed by atoms with Crippen molar-refractivity contribution >= 4 is 11.8 Å². The summed E-state index contributed by atoms with van der Waals surface area (Å²) in [6.45, 7) is 7.17. The number of amides is 2. The molecule has 0 aliphatic carbocycles. The average Bonchev–Trinajstić information content (AvgIpc) is 2.50. The van der Waals surface area contributed by atoms with Crippen LogP contribution in [-0.2, 0) is 9.59 Å². The smallest absolute Gasteiger partial charge is 0.239 e. The molecular formula is C17H26N2O4. The normalized spacial score (nSPS) is 12.3. The van der Waals surface area contributed by atoms with Crippen LogP contribution in [0.5, 0.6) is 11.5 Å². The summed E-state index contributed by atoms with van der Waals surface area (Å²) in [5.41, 5.74) is 0.282. The van der Waals surface area contributed by atoms with Gasteiger partial charge in [-0.15, -0.1) is 0 Å². The minimum absolute atomic E-state index is 0.0628. The molecule has 0 heterocycles. The van der Waals surface area contributed by atoms with Gasteiger partial charge in [0.1, 0.15) is 11.5 Å². The molecule has 1 aromatic rings. The number of nitrogens with one attached hydrogen (secondary N) is 2. The number of carbonyl (C=O) groups excluding carboxylic acids is 2. The number of methoxy groups -OCH3 is 2. The maximum atomic E-state index is 12.0. The van der Waals surface area contributed by atoms with Gasteiger partial charge in [0.25, 0.3) is 0 Å². The van der Waals surface area contributed by atoms with E-state index in [-0.39, 0.29) is 24.4 Å². The highest BCUT2D eigenvalue weighted by Gasteiger charge is 2.22. The van der Waals surface area contributed by atoms with E-state index in [1.807, 2.05) is 13.0 Å². The third-order valence-corrected chi connectivity index (χ3v) is 3.37. The second-order valence-electron chi connectivity index (χ2n) is 6.33. The SMILES string of the molecule is COc1ccc(OC)c(C(C)NC(=O)CNC(=O)C(C)(C)C)c1. The molecule has 2 amide bonds. The van der Waals surface area contributed by atoms with Crippen LogP contribution >= 0.6 is 0 Å². The number of hydrogen-bond acceptors (Lipinski definition) is 4. The molecule has 0 saturated heterocycles. The Kier molecular flexibility index (Phi) is 6.42. The zero-order valence-electron chi connectivity index (χ0n) is 14.6. The van der Waals surface area contributed by atoms with Crippen LogP contribution in [0, 0.1) is 5.41 Å². The van der Waals surface area contributed by atoms with Gasteiger partial charge in [0, 0.05) is 11.0 Å². The lowest BCUT2D eigenvalue weighted by atomic mass is 9.96. The van der Waals surface area contributed by atoms with Crippen molar-refractivity contribution in [3.63, 3.8) is 0 Å². The molecule has 128 valence electrons. The van der Waals surface area contributed by atoms with Crippen LogP contribution < -0.4 is 20.1 Å². The first-order valence-electron chi connectivity index (χ1n) is 7.48. The first kappa shape index (κ1) is 18.8. The lowest BCUT2D eigenvalue weighted by Crippen LogP contribution is -2.42. The Labute approximate surface area is 137 Å². The molecule has 0 aromatic heterocycles. The Morgan fingerprint density at radius 2 is 1.83 bits per heavy atom. The minimum atomic E-state index is -0.526. The number of carbonyl (C=O) groups is 2. The molecule has 2 N–H and O–H groups in total. The standard InChI is InChI=1S/C17H26N2O4/c1-11(13-9-12(22-5)7-8-14(13)23-6)19-15(20)10-18-16(21)17(2,3)4/h7-9,11H,10H2,1-6H3,(H,18,21)(H,19,20). The van der Waals surface area contributed by atoms with Gasteiger partial charge in [-0.1, -0.05) is 20.8 Å². The molecule has 1 atom stereocenters. The molecule has 0 saturated carbocycles. The van der Waals surface area contributed by atoms with E-state index in [0.29, 0.717) is 11.5 Å². The summed E-state index contributed by atoms with van der Waals surface area (Å²) >= 11 is 0. The van der Waals surface area contributed by atoms with Gasteiger partial charge in [0.2, 0.25) is 11.8 Å². The van der Waals surface area contributed by atoms with Crippen molar-refractivity contribution in [2.45, 2.75) is 33.7 Å². The highest BCUT2D eigenvalue weighted by atomic mass is 16.5. The van der Waals surface area contributed by atoms with Crippen molar-refractivity contribution in [2.75, 3.05) is 20.8 Å². The van der Waals surface area contributed by atoms with Crippen LogP contribution in [0.1, 0.15) is 39.3 Å². The molecule has 0 fully saturated rings. The molecule has 1 unspecified atom stereocenters. The second-order valence-corrected chi connectivity index (χ2v) is 6.33. The minimum Gasteiger partial charge on any atom is -0.497 e. The molecule has 0 spiro atoms. The van der Waals surface area contributed by atoms with Gasteiger partial charge in [0.15, 0.2) is 0 Å². The Bertz CT molecular complexity index is 564. The summed E-state index contributed by atoms with van der Waals surface area (Å²) in [6.07, 6.45) is 0. The van der Waals surface area contributed by atoms with Gasteiger partial charge in [-0.25, -0.2) is 0 Å². The first-order valence-corrected chi connectivity index (χ1v) is 7.48. The monoisotopic (exact) mass is 322 g/mol. The lowest BCUT2D eigenvalue weighted by molar-refractivity contribution is -0.131. The summed E-state index contributed by atoms with van der Waals surface area (Å²) in [7, 11) is 3.15. The Balaban J connectivity index is 2.70. The van der Waals surface area contributed by atoms with E-state index in [0.717, 1.165) is 5.56 Å². The molecular weight excluding hydrogens is 296 g/mol. The third-order valence-electron chi connectivity index (χ3n) is 3.37. The van der Waals surface area contributed by atoms with E-state index in [9.17, 15) is 9.59 Å². The summed E-state index contributed by atoms with van der Waals surface area (Å²) in [4.78, 5) is 23.8. The van der Waals surface area contributed by atoms with Crippen molar-refractivity contribution in [3.8, 4) is 11.5 Å². The molecule has 23 heavy (non-hydrogen) atoms. The fourth-order valence-electron chi connectivity index (χ4n) is 1.97. The largest absolute Gasteiger partial charge is 0.497 e. The van der Waals surface area contributed by atoms with Crippen molar-refractivity contribution in [3.05, 3.63) is 23.8 Å². The predicted octanol–water partition coefficient (Wildman–Crippen LogP) is 2.04. The van der Waals surface area contributed by atoms with Gasteiger partial charge in [-0.2, -0.15) is 0 Å². The molecule has 0 bridgehead atoms. The van der Waals surface area contributed by atoms with Gasteiger partial charge in [-0.3, -0.25) is 9.59 Å². The number of benzene rings is 1. The topological polar surface area (TPSA) is 76.7 Å². The van der Waals surface area contributed by atoms with Crippen molar-refractivity contribution < 1.29 is 19.1 Å². The van der Waals surface area contributed by atoms with Crippen LogP contribution in [0.15, 0.2) is 18.2 Å². The third kappa shape index (κ3) is 5.47. The van der Waals surface area contributed by atoms with Crippen molar-refractivity contribution in [2.24, 2.45) is 5.41 Å². The first-order chi connectivity index (χ1) is 10.7. The summed E-state index contributed by atoms with van der Waals surface area (Å²) in [6, 6.07) is 5.12. The highest BCUT2D eigenvalue weighted by Crippen LogP contribution is 2.29. The molecule has 0 aliphatic heterocycles. The number of hydrogen-bond donors (Lipinski definition) is 2. The van der Waals surface area contributed by atoms with Crippen LogP contribution in [0.2, 0.25) is 0 Å². The highest BCUT2D eigenvalue weighted by molar-refractivity contribution is 5.87.